The summed E-state index contributed by atoms with van der Waals surface area (Å²) < 4.78 is 5.54. The molecule has 5 aliphatic rings. The van der Waals surface area contributed by atoms with E-state index in [1.54, 1.807) is 6.92 Å². The number of piperidine rings is 1. The molecule has 0 radical (unpaired) electrons. The second-order valence-corrected chi connectivity index (χ2v) is 10.5. The van der Waals surface area contributed by atoms with Gasteiger partial charge in [-0.1, -0.05) is 25.5 Å². The van der Waals surface area contributed by atoms with Crippen molar-refractivity contribution in [2.45, 2.75) is 90.3 Å². The third-order valence-electron chi connectivity index (χ3n) is 9.57. The van der Waals surface area contributed by atoms with Crippen molar-refractivity contribution in [1.82, 2.24) is 5.32 Å². The molecule has 1 N–H and O–H groups in total. The Hall–Kier alpha value is -1.16. The van der Waals surface area contributed by atoms with E-state index in [-0.39, 0.29) is 28.4 Å². The smallest absolute Gasteiger partial charge is 0.302 e. The average Bonchev–Trinajstić information content (AvgIpc) is 3.27. The first-order chi connectivity index (χ1) is 12.7. The lowest BCUT2D eigenvalue weighted by Gasteiger charge is -2.58. The second kappa shape index (κ2) is 5.46. The van der Waals surface area contributed by atoms with Gasteiger partial charge in [0.1, 0.15) is 6.10 Å². The van der Waals surface area contributed by atoms with Crippen LogP contribution in [-0.4, -0.2) is 29.4 Å². The molecule has 1 aliphatic heterocycles. The molecule has 4 heteroatoms. The summed E-state index contributed by atoms with van der Waals surface area (Å²) in [7, 11) is 0. The quantitative estimate of drug-likeness (QED) is 0.456. The summed E-state index contributed by atoms with van der Waals surface area (Å²) in [5, 5.41) is 3.59. The summed E-state index contributed by atoms with van der Waals surface area (Å²) >= 11 is 0. The van der Waals surface area contributed by atoms with Gasteiger partial charge in [-0.05, 0) is 74.0 Å². The Morgan fingerprint density at radius 1 is 1.15 bits per heavy atom. The van der Waals surface area contributed by atoms with Gasteiger partial charge in [-0.15, -0.1) is 0 Å². The molecule has 0 aromatic heterocycles. The van der Waals surface area contributed by atoms with E-state index in [9.17, 15) is 9.59 Å². The highest BCUT2D eigenvalue weighted by Crippen LogP contribution is 2.70. The van der Waals surface area contributed by atoms with Crippen molar-refractivity contribution in [1.29, 1.82) is 0 Å². The van der Waals surface area contributed by atoms with E-state index in [1.165, 1.54) is 25.3 Å². The van der Waals surface area contributed by atoms with E-state index in [1.807, 2.05) is 0 Å². The lowest BCUT2D eigenvalue weighted by atomic mass is 9.46. The molecule has 1 saturated heterocycles. The molecule has 27 heavy (non-hydrogen) atoms. The molecule has 4 aliphatic carbocycles. The predicted octanol–water partition coefficient (Wildman–Crippen LogP) is 3.79. The van der Waals surface area contributed by atoms with Gasteiger partial charge in [0.05, 0.1) is 5.54 Å². The third kappa shape index (κ3) is 2.14. The first-order valence-electron chi connectivity index (χ1n) is 10.9. The molecule has 8 atom stereocenters. The van der Waals surface area contributed by atoms with Crippen molar-refractivity contribution in [2.75, 3.05) is 0 Å². The van der Waals surface area contributed by atoms with Crippen LogP contribution in [0.15, 0.2) is 11.6 Å². The van der Waals surface area contributed by atoms with E-state index >= 15 is 0 Å². The number of nitrogens with one attached hydrogen (secondary N) is 1. The second-order valence-electron chi connectivity index (χ2n) is 10.5. The summed E-state index contributed by atoms with van der Waals surface area (Å²) in [6.07, 6.45) is 10.3. The van der Waals surface area contributed by atoms with E-state index in [0.29, 0.717) is 23.7 Å². The Balaban J connectivity index is 1.43. The lowest BCUT2D eigenvalue weighted by molar-refractivity contribution is -0.149. The first kappa shape index (κ1) is 17.9. The highest BCUT2D eigenvalue weighted by atomic mass is 16.5. The van der Waals surface area contributed by atoms with Gasteiger partial charge in [0.25, 0.3) is 0 Å². The molecule has 0 aromatic carbocycles. The van der Waals surface area contributed by atoms with Crippen LogP contribution < -0.4 is 5.32 Å². The van der Waals surface area contributed by atoms with Gasteiger partial charge < -0.3 is 4.74 Å². The fraction of sp³-hybridized carbons (Fsp3) is 0.826. The van der Waals surface area contributed by atoms with Crippen LogP contribution in [0.2, 0.25) is 0 Å². The molecule has 0 amide bonds. The largest absolute Gasteiger partial charge is 0.462 e. The van der Waals surface area contributed by atoms with Crippen LogP contribution in [-0.2, 0) is 14.3 Å². The van der Waals surface area contributed by atoms with Gasteiger partial charge >= 0.3 is 5.97 Å². The van der Waals surface area contributed by atoms with Crippen molar-refractivity contribution >= 4 is 11.8 Å². The van der Waals surface area contributed by atoms with E-state index in [4.69, 9.17) is 4.74 Å². The number of rotatable bonds is 2. The Labute approximate surface area is 162 Å². The molecule has 1 heterocycles. The van der Waals surface area contributed by atoms with Crippen LogP contribution in [0.1, 0.15) is 72.6 Å². The molecule has 148 valence electrons. The highest BCUT2D eigenvalue weighted by Gasteiger charge is 2.77. The number of fused-ring (bicyclic) bond motifs is 7. The van der Waals surface area contributed by atoms with E-state index in [0.717, 1.165) is 38.0 Å². The number of ether oxygens (including phenoxy) is 1. The maximum absolute atomic E-state index is 12.5. The summed E-state index contributed by atoms with van der Waals surface area (Å²) in [5.74, 6) is 2.28. The van der Waals surface area contributed by atoms with Gasteiger partial charge in [-0.25, -0.2) is 0 Å². The minimum atomic E-state index is -0.222. The standard InChI is InChI=1S/C23H33NO3/c1-13(25)23-20(24-23)12-19-17-6-5-15-11-16(27-14(2)26)7-9-21(15,3)18(17)8-10-22(19,23)4/h5,16-20,24H,6-12H2,1-4H3/t16?,17?,18?,19?,20-,21?,22?,23-/m1/s1. The molecular weight excluding hydrogens is 338 g/mol. The Kier molecular flexibility index (Phi) is 3.62. The molecule has 4 fully saturated rings. The zero-order chi connectivity index (χ0) is 19.2. The molecule has 0 spiro atoms. The average molecular weight is 372 g/mol. The van der Waals surface area contributed by atoms with E-state index in [2.05, 4.69) is 25.2 Å². The fourth-order valence-corrected chi connectivity index (χ4v) is 8.24. The topological polar surface area (TPSA) is 65.3 Å². The summed E-state index contributed by atoms with van der Waals surface area (Å²) in [5.41, 5.74) is 1.69. The number of allylic oxidation sites excluding steroid dienone is 1. The van der Waals surface area contributed by atoms with Crippen molar-refractivity contribution < 1.29 is 14.3 Å². The molecule has 5 rings (SSSR count). The number of hydrogen-bond acceptors (Lipinski definition) is 4. The fourth-order valence-electron chi connectivity index (χ4n) is 8.24. The monoisotopic (exact) mass is 371 g/mol. The van der Waals surface area contributed by atoms with Crippen LogP contribution in [0, 0.1) is 28.6 Å². The first-order valence-corrected chi connectivity index (χ1v) is 10.9. The molecule has 3 saturated carbocycles. The van der Waals surface area contributed by atoms with Crippen molar-refractivity contribution in [3.8, 4) is 0 Å². The third-order valence-corrected chi connectivity index (χ3v) is 9.57. The molecular formula is C23H33NO3. The van der Waals surface area contributed by atoms with Crippen LogP contribution >= 0.6 is 0 Å². The van der Waals surface area contributed by atoms with Gasteiger partial charge in [-0.2, -0.15) is 0 Å². The SMILES string of the molecule is CC(=O)OC1CCC2(C)C(=CCC3C2CCC2(C)C3C[C@H]3N[C@]32C(C)=O)C1. The molecule has 6 unspecified atom stereocenters. The van der Waals surface area contributed by atoms with Crippen LogP contribution in [0.3, 0.4) is 0 Å². The Morgan fingerprint density at radius 3 is 2.63 bits per heavy atom. The summed E-state index contributed by atoms with van der Waals surface area (Å²) in [6.45, 7) is 8.18. The number of esters is 1. The maximum atomic E-state index is 12.5. The van der Waals surface area contributed by atoms with Crippen LogP contribution in [0.4, 0.5) is 0 Å². The normalized spacial score (nSPS) is 52.6. The van der Waals surface area contributed by atoms with Crippen molar-refractivity contribution in [2.24, 2.45) is 28.6 Å². The number of Topliss-reactive ketones (excluding diaryl/α,β-unsaturated/α-hetero) is 1. The van der Waals surface area contributed by atoms with Crippen molar-refractivity contribution in [3.05, 3.63) is 11.6 Å². The van der Waals surface area contributed by atoms with Crippen LogP contribution in [0.5, 0.6) is 0 Å². The maximum Gasteiger partial charge on any atom is 0.302 e. The summed E-state index contributed by atoms with van der Waals surface area (Å²) in [4.78, 5) is 23.9. The van der Waals surface area contributed by atoms with Gasteiger partial charge in [0.2, 0.25) is 0 Å². The molecule has 4 nitrogen and oxygen atoms in total. The minimum absolute atomic E-state index is 0.0662. The van der Waals surface area contributed by atoms with Gasteiger partial charge in [0, 0.05) is 19.4 Å². The number of hydrogen-bond donors (Lipinski definition) is 1. The van der Waals surface area contributed by atoms with Gasteiger partial charge in [-0.3, -0.25) is 14.9 Å². The minimum Gasteiger partial charge on any atom is -0.462 e. The predicted molar refractivity (Wildman–Crippen MR) is 103 cm³/mol. The number of carbonyl (C=O) groups is 2. The Bertz CT molecular complexity index is 744. The zero-order valence-electron chi connectivity index (χ0n) is 17.1. The molecule has 0 bridgehead atoms. The Morgan fingerprint density at radius 2 is 1.93 bits per heavy atom. The number of ketones is 1. The van der Waals surface area contributed by atoms with Gasteiger partial charge in [0.15, 0.2) is 5.78 Å². The lowest BCUT2D eigenvalue weighted by Crippen LogP contribution is -2.55. The zero-order valence-corrected chi connectivity index (χ0v) is 17.1. The van der Waals surface area contributed by atoms with Crippen molar-refractivity contribution in [3.63, 3.8) is 0 Å². The van der Waals surface area contributed by atoms with E-state index < -0.39 is 0 Å². The van der Waals surface area contributed by atoms with Crippen LogP contribution in [0.25, 0.3) is 0 Å². The summed E-state index contributed by atoms with van der Waals surface area (Å²) in [6, 6.07) is 0.418. The molecule has 0 aromatic rings. The number of carbonyl (C=O) groups excluding carboxylic acids is 2. The highest BCUT2D eigenvalue weighted by molar-refractivity contribution is 5.92.